The van der Waals surface area contributed by atoms with E-state index in [4.69, 9.17) is 4.74 Å². The van der Waals surface area contributed by atoms with Crippen LogP contribution < -0.4 is 15.6 Å². The molecular formula is C29H19BrFN5O5. The van der Waals surface area contributed by atoms with Crippen LogP contribution in [-0.2, 0) is 4.79 Å². The molecule has 0 saturated heterocycles. The van der Waals surface area contributed by atoms with Crippen molar-refractivity contribution >= 4 is 50.3 Å². The SMILES string of the molecule is O=C(COc1c(C=Nn2c(-c3ccccc3)nc3ccccc3c2=O)cc(Br)cc1[N+](=O)[O-])Nc1cccc(F)c1. The number of carbonyl (C=O) groups excluding carboxylic acids is 1. The predicted molar refractivity (Wildman–Crippen MR) is 156 cm³/mol. The van der Waals surface area contributed by atoms with Crippen molar-refractivity contribution in [2.75, 3.05) is 11.9 Å². The lowest BCUT2D eigenvalue weighted by atomic mass is 10.2. The number of hydrogen-bond acceptors (Lipinski definition) is 7. The smallest absolute Gasteiger partial charge is 0.312 e. The minimum absolute atomic E-state index is 0.115. The summed E-state index contributed by atoms with van der Waals surface area (Å²) in [5.41, 5.74) is 0.525. The fourth-order valence-corrected chi connectivity index (χ4v) is 4.48. The van der Waals surface area contributed by atoms with Gasteiger partial charge in [0.2, 0.25) is 5.75 Å². The molecule has 1 amide bonds. The van der Waals surface area contributed by atoms with Crippen LogP contribution in [0.3, 0.4) is 0 Å². The number of hydrogen-bond donors (Lipinski definition) is 1. The summed E-state index contributed by atoms with van der Waals surface area (Å²) in [6.07, 6.45) is 1.22. The number of rotatable bonds is 8. The molecule has 0 aliphatic heterocycles. The summed E-state index contributed by atoms with van der Waals surface area (Å²) in [6, 6.07) is 23.8. The van der Waals surface area contributed by atoms with E-state index in [0.717, 1.165) is 10.7 Å². The largest absolute Gasteiger partial charge is 0.476 e. The third kappa shape index (κ3) is 6.17. The molecule has 0 spiro atoms. The number of aromatic nitrogens is 2. The molecule has 1 aromatic heterocycles. The van der Waals surface area contributed by atoms with Gasteiger partial charge in [0.05, 0.1) is 22.0 Å². The van der Waals surface area contributed by atoms with Crippen LogP contribution in [0.25, 0.3) is 22.3 Å². The van der Waals surface area contributed by atoms with Gasteiger partial charge in [-0.25, -0.2) is 9.37 Å². The number of para-hydroxylation sites is 1. The summed E-state index contributed by atoms with van der Waals surface area (Å²) in [6.45, 7) is -0.618. The van der Waals surface area contributed by atoms with Gasteiger partial charge in [0.15, 0.2) is 12.4 Å². The van der Waals surface area contributed by atoms with E-state index in [0.29, 0.717) is 20.9 Å². The number of ether oxygens (including phenoxy) is 1. The monoisotopic (exact) mass is 615 g/mol. The molecule has 0 aliphatic rings. The minimum Gasteiger partial charge on any atom is -0.476 e. The number of halogens is 2. The number of amides is 1. The van der Waals surface area contributed by atoms with Crippen LogP contribution in [0.4, 0.5) is 15.8 Å². The number of anilines is 1. The van der Waals surface area contributed by atoms with E-state index < -0.39 is 34.5 Å². The fourth-order valence-electron chi connectivity index (χ4n) is 4.01. The summed E-state index contributed by atoms with van der Waals surface area (Å²) in [4.78, 5) is 41.8. The Bertz CT molecular complexity index is 1880. The summed E-state index contributed by atoms with van der Waals surface area (Å²) in [5.74, 6) is -1.21. The molecule has 0 saturated carbocycles. The highest BCUT2D eigenvalue weighted by atomic mass is 79.9. The minimum atomic E-state index is -0.669. The first-order valence-corrected chi connectivity index (χ1v) is 12.9. The number of nitrogens with one attached hydrogen (secondary N) is 1. The summed E-state index contributed by atoms with van der Waals surface area (Å²) < 4.78 is 20.5. The summed E-state index contributed by atoms with van der Waals surface area (Å²) in [7, 11) is 0. The lowest BCUT2D eigenvalue weighted by Crippen LogP contribution is -2.21. The van der Waals surface area contributed by atoms with E-state index in [1.54, 1.807) is 48.5 Å². The number of benzene rings is 4. The van der Waals surface area contributed by atoms with Gasteiger partial charge in [-0.05, 0) is 36.4 Å². The molecule has 4 aromatic carbocycles. The van der Waals surface area contributed by atoms with Crippen molar-refractivity contribution in [1.29, 1.82) is 0 Å². The number of carbonyl (C=O) groups is 1. The number of nitro groups is 1. The first-order chi connectivity index (χ1) is 19.8. The van der Waals surface area contributed by atoms with Crippen molar-refractivity contribution in [3.63, 3.8) is 0 Å². The van der Waals surface area contributed by atoms with Gasteiger partial charge in [-0.15, -0.1) is 0 Å². The van der Waals surface area contributed by atoms with Crippen LogP contribution in [0.5, 0.6) is 5.75 Å². The van der Waals surface area contributed by atoms with Crippen molar-refractivity contribution < 1.29 is 18.8 Å². The molecule has 0 fully saturated rings. The normalized spacial score (nSPS) is 11.1. The van der Waals surface area contributed by atoms with E-state index in [1.165, 1.54) is 36.5 Å². The van der Waals surface area contributed by atoms with Crippen molar-refractivity contribution in [2.24, 2.45) is 5.10 Å². The molecule has 0 atom stereocenters. The third-order valence-corrected chi connectivity index (χ3v) is 6.27. The predicted octanol–water partition coefficient (Wildman–Crippen LogP) is 5.77. The third-order valence-electron chi connectivity index (χ3n) is 5.81. The molecule has 10 nitrogen and oxygen atoms in total. The van der Waals surface area contributed by atoms with E-state index >= 15 is 0 Å². The Morgan fingerprint density at radius 2 is 1.83 bits per heavy atom. The Morgan fingerprint density at radius 1 is 1.07 bits per heavy atom. The molecule has 1 heterocycles. The van der Waals surface area contributed by atoms with Crippen LogP contribution in [-0.4, -0.2) is 33.3 Å². The first-order valence-electron chi connectivity index (χ1n) is 12.1. The van der Waals surface area contributed by atoms with Crippen molar-refractivity contribution in [1.82, 2.24) is 9.66 Å². The second-order valence-corrected chi connectivity index (χ2v) is 9.54. The van der Waals surface area contributed by atoms with Gasteiger partial charge in [-0.1, -0.05) is 64.5 Å². The van der Waals surface area contributed by atoms with Gasteiger partial charge in [-0.3, -0.25) is 19.7 Å². The number of nitro benzene ring substituents is 1. The maximum absolute atomic E-state index is 13.5. The van der Waals surface area contributed by atoms with Crippen LogP contribution in [0.1, 0.15) is 5.56 Å². The second kappa shape index (κ2) is 11.9. The van der Waals surface area contributed by atoms with Crippen LogP contribution >= 0.6 is 15.9 Å². The van der Waals surface area contributed by atoms with Crippen molar-refractivity contribution in [3.8, 4) is 17.1 Å². The van der Waals surface area contributed by atoms with Gasteiger partial charge in [-0.2, -0.15) is 9.78 Å². The highest BCUT2D eigenvalue weighted by Crippen LogP contribution is 2.34. The molecule has 5 rings (SSSR count). The second-order valence-electron chi connectivity index (χ2n) is 8.63. The van der Waals surface area contributed by atoms with Crippen LogP contribution in [0, 0.1) is 15.9 Å². The van der Waals surface area contributed by atoms with Crippen LogP contribution in [0.15, 0.2) is 105 Å². The molecule has 12 heteroatoms. The molecule has 0 unspecified atom stereocenters. The molecule has 1 N–H and O–H groups in total. The van der Waals surface area contributed by atoms with Crippen LogP contribution in [0.2, 0.25) is 0 Å². The van der Waals surface area contributed by atoms with E-state index in [2.05, 4.69) is 31.3 Å². The highest BCUT2D eigenvalue weighted by molar-refractivity contribution is 9.10. The van der Waals surface area contributed by atoms with Gasteiger partial charge in [0.1, 0.15) is 5.82 Å². The van der Waals surface area contributed by atoms with Crippen molar-refractivity contribution in [2.45, 2.75) is 0 Å². The molecule has 204 valence electrons. The lowest BCUT2D eigenvalue weighted by molar-refractivity contribution is -0.385. The highest BCUT2D eigenvalue weighted by Gasteiger charge is 2.22. The quantitative estimate of drug-likeness (QED) is 0.134. The zero-order chi connectivity index (χ0) is 28.9. The topological polar surface area (TPSA) is 129 Å². The van der Waals surface area contributed by atoms with Gasteiger partial charge >= 0.3 is 5.69 Å². The Kier molecular flexibility index (Phi) is 7.92. The zero-order valence-corrected chi connectivity index (χ0v) is 22.6. The van der Waals surface area contributed by atoms with E-state index in [1.807, 2.05) is 6.07 Å². The summed E-state index contributed by atoms with van der Waals surface area (Å²) >= 11 is 3.25. The van der Waals surface area contributed by atoms with Gasteiger partial charge in [0.25, 0.3) is 11.5 Å². The maximum atomic E-state index is 13.5. The number of fused-ring (bicyclic) bond motifs is 1. The molecule has 41 heavy (non-hydrogen) atoms. The molecular weight excluding hydrogens is 597 g/mol. The van der Waals surface area contributed by atoms with Gasteiger partial charge in [0, 0.05) is 27.4 Å². The molecule has 5 aromatic rings. The Morgan fingerprint density at radius 3 is 2.59 bits per heavy atom. The average Bonchev–Trinajstić information content (AvgIpc) is 2.96. The van der Waals surface area contributed by atoms with E-state index in [9.17, 15) is 24.1 Å². The number of nitrogens with zero attached hydrogens (tertiary/aromatic N) is 4. The van der Waals surface area contributed by atoms with Crippen molar-refractivity contribution in [3.05, 3.63) is 127 Å². The fraction of sp³-hybridized carbons (Fsp3) is 0.0345. The Hall–Kier alpha value is -5.23. The first kappa shape index (κ1) is 27.3. The molecule has 0 bridgehead atoms. The maximum Gasteiger partial charge on any atom is 0.312 e. The summed E-state index contributed by atoms with van der Waals surface area (Å²) in [5, 5.41) is 19.0. The van der Waals surface area contributed by atoms with Gasteiger partial charge < -0.3 is 10.1 Å². The molecule has 0 radical (unpaired) electrons. The Balaban J connectivity index is 1.55. The Labute approximate surface area is 240 Å². The van der Waals surface area contributed by atoms with E-state index in [-0.39, 0.29) is 22.8 Å². The molecule has 0 aliphatic carbocycles. The average molecular weight is 616 g/mol. The standard InChI is InChI=1S/C29H19BrFN5O5/c30-20-13-19(27(25(14-20)36(39)40)41-17-26(37)33-22-10-6-9-21(31)15-22)16-32-35-28(18-7-2-1-3-8-18)34-24-12-5-4-11-23(24)29(35)38/h1-16H,17H2,(H,33,37). The zero-order valence-electron chi connectivity index (χ0n) is 21.0. The lowest BCUT2D eigenvalue weighted by Gasteiger charge is -2.12.